The summed E-state index contributed by atoms with van der Waals surface area (Å²) < 4.78 is 0. The van der Waals surface area contributed by atoms with Crippen LogP contribution < -0.4 is 5.32 Å². The van der Waals surface area contributed by atoms with Gasteiger partial charge < -0.3 is 5.32 Å². The van der Waals surface area contributed by atoms with Gasteiger partial charge in [0.25, 0.3) is 5.91 Å². The lowest BCUT2D eigenvalue weighted by atomic mass is 10.0. The van der Waals surface area contributed by atoms with Crippen molar-refractivity contribution in [1.29, 1.82) is 0 Å². The van der Waals surface area contributed by atoms with Crippen molar-refractivity contribution in [1.82, 2.24) is 0 Å². The number of halogens is 1. The fourth-order valence-electron chi connectivity index (χ4n) is 2.11. The number of amides is 1. The van der Waals surface area contributed by atoms with Gasteiger partial charge in [-0.15, -0.1) is 0 Å². The van der Waals surface area contributed by atoms with Crippen LogP contribution in [0.3, 0.4) is 0 Å². The molecule has 3 nitrogen and oxygen atoms in total. The summed E-state index contributed by atoms with van der Waals surface area (Å²) in [6.45, 7) is 0. The van der Waals surface area contributed by atoms with E-state index in [1.165, 1.54) is 6.08 Å². The molecular formula is C16H10ClNO2. The molecule has 0 unspecified atom stereocenters. The van der Waals surface area contributed by atoms with Crippen LogP contribution in [-0.2, 0) is 4.79 Å². The molecule has 0 aliphatic carbocycles. The van der Waals surface area contributed by atoms with Crippen LogP contribution in [0.1, 0.15) is 15.9 Å². The highest BCUT2D eigenvalue weighted by Crippen LogP contribution is 2.31. The first-order valence-electron chi connectivity index (χ1n) is 6.07. The van der Waals surface area contributed by atoms with Gasteiger partial charge in [-0.1, -0.05) is 29.8 Å². The molecule has 20 heavy (non-hydrogen) atoms. The van der Waals surface area contributed by atoms with E-state index in [9.17, 15) is 9.59 Å². The molecule has 1 aliphatic heterocycles. The Morgan fingerprint density at radius 2 is 1.75 bits per heavy atom. The predicted molar refractivity (Wildman–Crippen MR) is 78.8 cm³/mol. The highest BCUT2D eigenvalue weighted by Gasteiger charge is 2.24. The van der Waals surface area contributed by atoms with Crippen LogP contribution in [0.25, 0.3) is 5.57 Å². The van der Waals surface area contributed by atoms with Gasteiger partial charge >= 0.3 is 0 Å². The molecule has 0 radical (unpaired) electrons. The Kier molecular flexibility index (Phi) is 3.12. The average molecular weight is 284 g/mol. The third kappa shape index (κ3) is 2.24. The number of allylic oxidation sites excluding steroid dienone is 1. The lowest BCUT2D eigenvalue weighted by molar-refractivity contribution is -0.110. The van der Waals surface area contributed by atoms with Gasteiger partial charge in [-0.25, -0.2) is 0 Å². The zero-order chi connectivity index (χ0) is 14.1. The van der Waals surface area contributed by atoms with E-state index in [4.69, 9.17) is 11.6 Å². The second kappa shape index (κ2) is 4.94. The maximum Gasteiger partial charge on any atom is 0.256 e. The highest BCUT2D eigenvalue weighted by molar-refractivity contribution is 6.35. The molecule has 1 amide bonds. The van der Waals surface area contributed by atoms with Crippen molar-refractivity contribution in [2.24, 2.45) is 0 Å². The fraction of sp³-hybridized carbons (Fsp3) is 0. The summed E-state index contributed by atoms with van der Waals surface area (Å²) in [5.41, 5.74) is 2.37. The second-order valence-electron chi connectivity index (χ2n) is 4.43. The minimum atomic E-state index is -0.256. The molecule has 0 atom stereocenters. The Labute approximate surface area is 120 Å². The largest absolute Gasteiger partial charge is 0.321 e. The predicted octanol–water partition coefficient (Wildman–Crippen LogP) is 3.56. The maximum absolute atomic E-state index is 12.2. The van der Waals surface area contributed by atoms with Crippen LogP contribution in [0.5, 0.6) is 0 Å². The summed E-state index contributed by atoms with van der Waals surface area (Å²) in [5.74, 6) is -0.475. The quantitative estimate of drug-likeness (QED) is 0.677. The van der Waals surface area contributed by atoms with Crippen molar-refractivity contribution in [3.05, 3.63) is 70.8 Å². The molecule has 0 aromatic heterocycles. The molecule has 0 saturated carbocycles. The number of hydrogen-bond donors (Lipinski definition) is 1. The first-order valence-corrected chi connectivity index (χ1v) is 6.45. The van der Waals surface area contributed by atoms with E-state index >= 15 is 0 Å². The molecule has 0 bridgehead atoms. The third-order valence-corrected chi connectivity index (χ3v) is 3.37. The highest BCUT2D eigenvalue weighted by atomic mass is 35.5. The minimum Gasteiger partial charge on any atom is -0.321 e. The van der Waals surface area contributed by atoms with E-state index in [2.05, 4.69) is 5.32 Å². The Morgan fingerprint density at radius 1 is 1.05 bits per heavy atom. The van der Waals surface area contributed by atoms with Crippen molar-refractivity contribution in [3.63, 3.8) is 0 Å². The van der Waals surface area contributed by atoms with Gasteiger partial charge in [0.15, 0.2) is 5.78 Å². The van der Waals surface area contributed by atoms with E-state index in [0.29, 0.717) is 16.2 Å². The number of benzene rings is 2. The van der Waals surface area contributed by atoms with Crippen molar-refractivity contribution in [2.75, 3.05) is 5.32 Å². The van der Waals surface area contributed by atoms with Gasteiger partial charge in [0.05, 0.1) is 5.57 Å². The average Bonchev–Trinajstić information content (AvgIpc) is 2.76. The molecule has 0 fully saturated rings. The lowest BCUT2D eigenvalue weighted by Gasteiger charge is -1.99. The number of fused-ring (bicyclic) bond motifs is 1. The van der Waals surface area contributed by atoms with Crippen LogP contribution in [0.2, 0.25) is 5.02 Å². The smallest absolute Gasteiger partial charge is 0.256 e. The van der Waals surface area contributed by atoms with Gasteiger partial charge in [-0.2, -0.15) is 0 Å². The topological polar surface area (TPSA) is 46.2 Å². The molecule has 1 aliphatic rings. The van der Waals surface area contributed by atoms with Gasteiger partial charge in [0, 0.05) is 21.8 Å². The Bertz CT molecular complexity index is 732. The molecule has 0 spiro atoms. The Morgan fingerprint density at radius 3 is 2.50 bits per heavy atom. The van der Waals surface area contributed by atoms with Gasteiger partial charge in [-0.05, 0) is 36.4 Å². The monoisotopic (exact) mass is 283 g/mol. The molecular weight excluding hydrogens is 274 g/mol. The number of hydrogen-bond acceptors (Lipinski definition) is 2. The van der Waals surface area contributed by atoms with Crippen molar-refractivity contribution >= 4 is 34.6 Å². The molecule has 1 N–H and O–H groups in total. The Balaban J connectivity index is 1.98. The second-order valence-corrected chi connectivity index (χ2v) is 4.87. The lowest BCUT2D eigenvalue weighted by Crippen LogP contribution is -2.05. The molecule has 3 rings (SSSR count). The number of ketones is 1. The van der Waals surface area contributed by atoms with Crippen LogP contribution in [-0.4, -0.2) is 11.7 Å². The zero-order valence-corrected chi connectivity index (χ0v) is 11.1. The fourth-order valence-corrected chi connectivity index (χ4v) is 2.24. The SMILES string of the molecule is O=C1Nc2ccccc2C1=CC(=O)c1ccc(Cl)cc1. The normalized spacial score (nSPS) is 15.1. The van der Waals surface area contributed by atoms with Crippen molar-refractivity contribution in [2.45, 2.75) is 0 Å². The molecule has 98 valence electrons. The minimum absolute atomic E-state index is 0.219. The number of carbonyl (C=O) groups excluding carboxylic acids is 2. The first-order chi connectivity index (χ1) is 9.65. The van der Waals surface area contributed by atoms with Gasteiger partial charge in [-0.3, -0.25) is 9.59 Å². The summed E-state index contributed by atoms with van der Waals surface area (Å²) in [5, 5.41) is 3.30. The third-order valence-electron chi connectivity index (χ3n) is 3.11. The zero-order valence-electron chi connectivity index (χ0n) is 10.4. The number of para-hydroxylation sites is 1. The van der Waals surface area contributed by atoms with E-state index < -0.39 is 0 Å². The van der Waals surface area contributed by atoms with Gasteiger partial charge in [0.2, 0.25) is 0 Å². The molecule has 1 heterocycles. The number of anilines is 1. The van der Waals surface area contributed by atoms with Crippen LogP contribution >= 0.6 is 11.6 Å². The number of carbonyl (C=O) groups is 2. The summed E-state index contributed by atoms with van der Waals surface area (Å²) in [7, 11) is 0. The van der Waals surface area contributed by atoms with E-state index in [0.717, 1.165) is 11.3 Å². The Hall–Kier alpha value is -2.39. The molecule has 4 heteroatoms. The summed E-state index contributed by atoms with van der Waals surface area (Å²) in [6, 6.07) is 13.9. The van der Waals surface area contributed by atoms with E-state index in [1.807, 2.05) is 18.2 Å². The summed E-state index contributed by atoms with van der Waals surface area (Å²) >= 11 is 5.79. The summed E-state index contributed by atoms with van der Waals surface area (Å²) in [4.78, 5) is 24.1. The van der Waals surface area contributed by atoms with Crippen LogP contribution in [0.15, 0.2) is 54.6 Å². The van der Waals surface area contributed by atoms with E-state index in [1.54, 1.807) is 30.3 Å². The van der Waals surface area contributed by atoms with Crippen molar-refractivity contribution in [3.8, 4) is 0 Å². The van der Waals surface area contributed by atoms with Crippen LogP contribution in [0, 0.1) is 0 Å². The standard InChI is InChI=1S/C16H10ClNO2/c17-11-7-5-10(6-8-11)15(19)9-13-12-3-1-2-4-14(12)18-16(13)20/h1-9H,(H,18,20). The maximum atomic E-state index is 12.2. The van der Waals surface area contributed by atoms with Crippen molar-refractivity contribution < 1.29 is 9.59 Å². The molecule has 0 saturated heterocycles. The number of rotatable bonds is 2. The molecule has 2 aromatic rings. The number of nitrogens with one attached hydrogen (secondary N) is 1. The van der Waals surface area contributed by atoms with E-state index in [-0.39, 0.29) is 11.7 Å². The van der Waals surface area contributed by atoms with Crippen LogP contribution in [0.4, 0.5) is 5.69 Å². The van der Waals surface area contributed by atoms with Gasteiger partial charge in [0.1, 0.15) is 0 Å². The molecule has 2 aromatic carbocycles. The first kappa shape index (κ1) is 12.6. The summed E-state index contributed by atoms with van der Waals surface area (Å²) in [6.07, 6.45) is 1.37.